The summed E-state index contributed by atoms with van der Waals surface area (Å²) < 4.78 is 47.8. The van der Waals surface area contributed by atoms with Crippen LogP contribution in [-0.4, -0.2) is 75.4 Å². The van der Waals surface area contributed by atoms with Gasteiger partial charge in [-0.15, -0.1) is 5.10 Å². The summed E-state index contributed by atoms with van der Waals surface area (Å²) >= 11 is 0. The molecule has 8 heteroatoms. The number of hydrogen-bond donors (Lipinski definition) is 0. The molecule has 0 spiro atoms. The molecule has 5 rings (SSSR count). The molecule has 0 atom stereocenters. The van der Waals surface area contributed by atoms with Crippen LogP contribution < -0.4 is 4.90 Å². The lowest BCUT2D eigenvalue weighted by Crippen LogP contribution is -2.55. The summed E-state index contributed by atoms with van der Waals surface area (Å²) in [5.41, 5.74) is 2.74. The van der Waals surface area contributed by atoms with Gasteiger partial charge in [0.1, 0.15) is 11.5 Å². The van der Waals surface area contributed by atoms with E-state index in [1.54, 1.807) is 23.0 Å². The number of anilines is 1. The monoisotopic (exact) mass is 448 g/mol. The van der Waals surface area contributed by atoms with Crippen molar-refractivity contribution in [2.45, 2.75) is 6.42 Å². The van der Waals surface area contributed by atoms with Gasteiger partial charge in [0, 0.05) is 41.6 Å². The van der Waals surface area contributed by atoms with Gasteiger partial charge >= 0.3 is 0 Å². The van der Waals surface area contributed by atoms with Crippen LogP contribution in [0.25, 0.3) is 22.0 Å². The lowest BCUT2D eigenvalue weighted by atomic mass is 10.0. The molecule has 0 aliphatic carbocycles. The van der Waals surface area contributed by atoms with Crippen molar-refractivity contribution >= 4 is 22.4 Å². The highest BCUT2D eigenvalue weighted by atomic mass is 16.1. The van der Waals surface area contributed by atoms with Gasteiger partial charge in [0.05, 0.1) is 61.0 Å². The molecule has 8 nitrogen and oxygen atoms in total. The smallest absolute Gasteiger partial charge is 0.169 e. The Morgan fingerprint density at radius 1 is 1.09 bits per heavy atom. The minimum Gasteiger partial charge on any atom is -0.345 e. The van der Waals surface area contributed by atoms with Crippen molar-refractivity contribution in [3.05, 3.63) is 66.2 Å². The third-order valence-corrected chi connectivity index (χ3v) is 5.91. The molecule has 0 bridgehead atoms. The number of hydrogen-bond acceptors (Lipinski definition) is 6. The molecule has 3 aromatic heterocycles. The van der Waals surface area contributed by atoms with E-state index in [2.05, 4.69) is 20.3 Å². The predicted octanol–water partition coefficient (Wildman–Crippen LogP) is 2.75. The summed E-state index contributed by atoms with van der Waals surface area (Å²) in [4.78, 5) is 23.8. The number of aryl methyl sites for hydroxylation is 1. The van der Waals surface area contributed by atoms with Crippen LogP contribution in [0.5, 0.6) is 0 Å². The topological polar surface area (TPSA) is 76.8 Å². The second-order valence-electron chi connectivity index (χ2n) is 8.42. The molecule has 0 amide bonds. The Hall–Kier alpha value is -3.65. The number of quaternary nitrogens is 1. The van der Waals surface area contributed by atoms with Crippen LogP contribution in [0.2, 0.25) is 0 Å². The average molecular weight is 449 g/mol. The maximum atomic E-state index is 13.2. The molecule has 4 heterocycles. The van der Waals surface area contributed by atoms with Gasteiger partial charge in [-0.2, -0.15) is 0 Å². The Kier molecular flexibility index (Phi) is 3.86. The molecular formula is C25H28N7O+. The first-order valence-corrected chi connectivity index (χ1v) is 10.7. The number of likely N-dealkylation sites (N-methyl/N-ethyl adjacent to an activating group) is 1. The van der Waals surface area contributed by atoms with E-state index >= 15 is 0 Å². The van der Waals surface area contributed by atoms with E-state index in [0.29, 0.717) is 17.1 Å². The fourth-order valence-corrected chi connectivity index (χ4v) is 3.99. The lowest BCUT2D eigenvalue weighted by Gasteiger charge is -2.39. The number of fused-ring (bicyclic) bond motifs is 1. The maximum absolute atomic E-state index is 13.2. The molecule has 1 aliphatic heterocycles. The Morgan fingerprint density at radius 2 is 1.94 bits per heavy atom. The number of nitrogens with zero attached hydrogens (tertiary/aromatic N) is 7. The number of aromatic nitrogens is 5. The van der Waals surface area contributed by atoms with Gasteiger partial charge in [-0.1, -0.05) is 17.3 Å². The Morgan fingerprint density at radius 3 is 2.70 bits per heavy atom. The Labute approximate surface area is 201 Å². The highest BCUT2D eigenvalue weighted by molar-refractivity contribution is 5.98. The van der Waals surface area contributed by atoms with E-state index in [-0.39, 0.29) is 38.4 Å². The molecule has 33 heavy (non-hydrogen) atoms. The zero-order chi connectivity index (χ0) is 28.0. The van der Waals surface area contributed by atoms with E-state index in [1.165, 1.54) is 6.20 Å². The van der Waals surface area contributed by atoms with Crippen molar-refractivity contribution in [1.29, 1.82) is 0 Å². The number of piperazine rings is 1. The normalized spacial score (nSPS) is 19.1. The lowest BCUT2D eigenvalue weighted by molar-refractivity contribution is -0.890. The van der Waals surface area contributed by atoms with Crippen LogP contribution in [0.15, 0.2) is 55.0 Å². The number of pyridine rings is 2. The molecular weight excluding hydrogens is 414 g/mol. The predicted molar refractivity (Wildman–Crippen MR) is 128 cm³/mol. The molecule has 1 aliphatic rings. The second-order valence-corrected chi connectivity index (χ2v) is 8.42. The average Bonchev–Trinajstić information content (AvgIpc) is 3.33. The van der Waals surface area contributed by atoms with E-state index in [4.69, 9.17) is 8.22 Å². The van der Waals surface area contributed by atoms with Crippen LogP contribution in [0.1, 0.15) is 24.3 Å². The Bertz CT molecular complexity index is 1510. The summed E-state index contributed by atoms with van der Waals surface area (Å²) in [7, 11) is 1.81. The van der Waals surface area contributed by atoms with Gasteiger partial charge in [0.15, 0.2) is 5.78 Å². The zero-order valence-corrected chi connectivity index (χ0v) is 18.3. The number of carbonyl (C=O) groups excluding carboxylic acids is 1. The summed E-state index contributed by atoms with van der Waals surface area (Å²) in [5, 5.41) is 10.0. The molecule has 0 radical (unpaired) electrons. The highest BCUT2D eigenvalue weighted by Crippen LogP contribution is 2.24. The summed E-state index contributed by atoms with van der Waals surface area (Å²) in [6.07, 6.45) is 5.20. The van der Waals surface area contributed by atoms with E-state index < -0.39 is 18.4 Å². The van der Waals surface area contributed by atoms with Crippen molar-refractivity contribution < 1.29 is 17.5 Å². The van der Waals surface area contributed by atoms with Crippen molar-refractivity contribution in [3.8, 4) is 11.3 Å². The van der Waals surface area contributed by atoms with Crippen LogP contribution in [0, 0.1) is 0 Å². The molecule has 4 aromatic rings. The second kappa shape index (κ2) is 8.37. The van der Waals surface area contributed by atoms with Crippen molar-refractivity contribution in [3.63, 3.8) is 0 Å². The van der Waals surface area contributed by atoms with Crippen molar-refractivity contribution in [1.82, 2.24) is 25.0 Å². The van der Waals surface area contributed by atoms with Gasteiger partial charge in [-0.25, -0.2) is 4.98 Å². The quantitative estimate of drug-likeness (QED) is 0.345. The third-order valence-electron chi connectivity index (χ3n) is 5.91. The summed E-state index contributed by atoms with van der Waals surface area (Å²) in [6, 6.07) is 11.1. The summed E-state index contributed by atoms with van der Waals surface area (Å²) in [6.45, 7) is -5.09. The number of Topliss-reactive ketones (excluding diaryl/α,β-unsaturated/α-hetero) is 1. The maximum Gasteiger partial charge on any atom is 0.169 e. The highest BCUT2D eigenvalue weighted by Gasteiger charge is 2.25. The van der Waals surface area contributed by atoms with Crippen molar-refractivity contribution in [2.24, 2.45) is 7.05 Å². The molecule has 168 valence electrons. The number of carbonyl (C=O) groups is 1. The Balaban J connectivity index is 1.32. The van der Waals surface area contributed by atoms with E-state index in [9.17, 15) is 4.79 Å². The van der Waals surface area contributed by atoms with Gasteiger partial charge in [-0.05, 0) is 29.7 Å². The minimum absolute atomic E-state index is 0.0790. The van der Waals surface area contributed by atoms with Gasteiger partial charge in [0.2, 0.25) is 0 Å². The van der Waals surface area contributed by atoms with Gasteiger partial charge in [-0.3, -0.25) is 14.5 Å². The van der Waals surface area contributed by atoms with Crippen molar-refractivity contribution in [2.75, 3.05) is 45.0 Å². The fraction of sp³-hybridized carbons (Fsp3) is 0.320. The first-order valence-electron chi connectivity index (χ1n) is 13.7. The molecule has 0 saturated carbocycles. The molecule has 0 unspecified atom stereocenters. The van der Waals surface area contributed by atoms with Gasteiger partial charge < -0.3 is 9.38 Å². The minimum atomic E-state index is -2.66. The van der Waals surface area contributed by atoms with Gasteiger partial charge in [0.25, 0.3) is 0 Å². The molecule has 1 aromatic carbocycles. The van der Waals surface area contributed by atoms with E-state index in [0.717, 1.165) is 22.0 Å². The molecule has 1 saturated heterocycles. The van der Waals surface area contributed by atoms with Crippen LogP contribution >= 0.6 is 0 Å². The zero-order valence-electron chi connectivity index (χ0n) is 24.3. The first-order chi connectivity index (χ1) is 18.4. The molecule has 0 N–H and O–H groups in total. The summed E-state index contributed by atoms with van der Waals surface area (Å²) in [5.74, 6) is 0.373. The van der Waals surface area contributed by atoms with Crippen LogP contribution in [-0.2, 0) is 13.5 Å². The number of benzene rings is 1. The number of rotatable bonds is 5. The SMILES string of the molecule is [2H]C([2H])([2H])[N+]1(C([2H])([2H])[2H])CCN(c2cc(C(=O)Cc3cc4cc(-c5cn(C)nn5)ccc4cn3)ccn2)CC1. The van der Waals surface area contributed by atoms with E-state index in [1.807, 2.05) is 42.4 Å². The standard InChI is InChI=1S/C25H28N7O/c1-30-17-23(28-29-30)18-4-5-20-16-27-22(13-21(20)12-18)15-24(33)19-6-7-26-25(14-19)31-8-10-32(2,3)11-9-31/h4-7,12-14,16-17H,8-11,15H2,1-3H3/q+1/i2D3,3D3. The van der Waals surface area contributed by atoms with Crippen LogP contribution in [0.3, 0.4) is 0 Å². The first kappa shape index (κ1) is 15.2. The molecule has 1 fully saturated rings. The number of ketones is 1. The largest absolute Gasteiger partial charge is 0.345 e. The van der Waals surface area contributed by atoms with Crippen LogP contribution in [0.4, 0.5) is 5.82 Å². The third kappa shape index (κ3) is 4.61. The fourth-order valence-electron chi connectivity index (χ4n) is 3.99.